The standard InChI is InChI=1S/C16H26N2O2/c1-3-16(4-2)15(20)18(8-7-14(19)17-16)13-10-11-5-6-12(13)9-11/h11-13H,3-10H2,1-2H3,(H,17,19). The summed E-state index contributed by atoms with van der Waals surface area (Å²) in [6.07, 6.45) is 6.89. The number of hydrogen-bond donors (Lipinski definition) is 1. The summed E-state index contributed by atoms with van der Waals surface area (Å²) < 4.78 is 0. The summed E-state index contributed by atoms with van der Waals surface area (Å²) >= 11 is 0. The van der Waals surface area contributed by atoms with Crippen LogP contribution in [-0.2, 0) is 9.59 Å². The lowest BCUT2D eigenvalue weighted by atomic mass is 9.88. The first-order valence-electron chi connectivity index (χ1n) is 8.21. The van der Waals surface area contributed by atoms with Crippen LogP contribution < -0.4 is 5.32 Å². The molecular weight excluding hydrogens is 252 g/mol. The van der Waals surface area contributed by atoms with Gasteiger partial charge in [-0.1, -0.05) is 20.3 Å². The zero-order valence-corrected chi connectivity index (χ0v) is 12.7. The van der Waals surface area contributed by atoms with Crippen LogP contribution in [0.1, 0.15) is 58.8 Å². The molecule has 3 atom stereocenters. The third-order valence-electron chi connectivity index (χ3n) is 5.94. The Kier molecular flexibility index (Phi) is 3.51. The predicted octanol–water partition coefficient (Wildman–Crippen LogP) is 2.08. The van der Waals surface area contributed by atoms with Crippen molar-refractivity contribution in [3.8, 4) is 0 Å². The molecular formula is C16H26N2O2. The molecule has 20 heavy (non-hydrogen) atoms. The average molecular weight is 278 g/mol. The monoisotopic (exact) mass is 278 g/mol. The van der Waals surface area contributed by atoms with Gasteiger partial charge in [-0.05, 0) is 43.9 Å². The van der Waals surface area contributed by atoms with Crippen molar-refractivity contribution in [3.63, 3.8) is 0 Å². The van der Waals surface area contributed by atoms with E-state index in [0.29, 0.717) is 37.8 Å². The summed E-state index contributed by atoms with van der Waals surface area (Å²) in [5, 5.41) is 3.01. The molecule has 3 fully saturated rings. The fourth-order valence-electron chi connectivity index (χ4n) is 4.62. The molecule has 1 aliphatic heterocycles. The molecule has 2 aliphatic carbocycles. The second-order valence-corrected chi connectivity index (χ2v) is 6.83. The minimum absolute atomic E-state index is 0.0349. The van der Waals surface area contributed by atoms with Gasteiger partial charge in [0.25, 0.3) is 0 Å². The molecule has 3 rings (SSSR count). The second-order valence-electron chi connectivity index (χ2n) is 6.83. The van der Waals surface area contributed by atoms with Gasteiger partial charge in [0, 0.05) is 19.0 Å². The van der Waals surface area contributed by atoms with E-state index in [9.17, 15) is 9.59 Å². The number of hydrogen-bond acceptors (Lipinski definition) is 2. The van der Waals surface area contributed by atoms with Crippen LogP contribution in [0.2, 0.25) is 0 Å². The van der Waals surface area contributed by atoms with E-state index < -0.39 is 5.54 Å². The Morgan fingerprint density at radius 1 is 1.20 bits per heavy atom. The zero-order valence-electron chi connectivity index (χ0n) is 12.7. The molecule has 112 valence electrons. The van der Waals surface area contributed by atoms with Crippen LogP contribution in [0.15, 0.2) is 0 Å². The fourth-order valence-corrected chi connectivity index (χ4v) is 4.62. The van der Waals surface area contributed by atoms with Gasteiger partial charge in [-0.3, -0.25) is 9.59 Å². The quantitative estimate of drug-likeness (QED) is 0.859. The first-order valence-corrected chi connectivity index (χ1v) is 8.21. The van der Waals surface area contributed by atoms with E-state index in [-0.39, 0.29) is 11.8 Å². The molecule has 3 aliphatic rings. The SMILES string of the molecule is CCC1(CC)NC(=O)CCN(C2CC3CCC2C3)C1=O. The first-order chi connectivity index (χ1) is 9.59. The van der Waals surface area contributed by atoms with Crippen LogP contribution in [0, 0.1) is 11.8 Å². The number of fused-ring (bicyclic) bond motifs is 2. The molecule has 0 aromatic carbocycles. The van der Waals surface area contributed by atoms with Crippen LogP contribution in [-0.4, -0.2) is 34.8 Å². The summed E-state index contributed by atoms with van der Waals surface area (Å²) in [7, 11) is 0. The highest BCUT2D eigenvalue weighted by atomic mass is 16.2. The summed E-state index contributed by atoms with van der Waals surface area (Å²) in [5.74, 6) is 1.71. The lowest BCUT2D eigenvalue weighted by Crippen LogP contribution is -2.58. The van der Waals surface area contributed by atoms with E-state index in [2.05, 4.69) is 10.2 Å². The van der Waals surface area contributed by atoms with Crippen LogP contribution >= 0.6 is 0 Å². The van der Waals surface area contributed by atoms with Crippen molar-refractivity contribution in [3.05, 3.63) is 0 Å². The molecule has 0 spiro atoms. The minimum atomic E-state index is -0.657. The molecule has 4 nitrogen and oxygen atoms in total. The summed E-state index contributed by atoms with van der Waals surface area (Å²) in [4.78, 5) is 27.1. The van der Waals surface area contributed by atoms with Gasteiger partial charge in [0.15, 0.2) is 0 Å². The highest BCUT2D eigenvalue weighted by molar-refractivity contribution is 5.93. The van der Waals surface area contributed by atoms with Gasteiger partial charge < -0.3 is 10.2 Å². The molecule has 4 heteroatoms. The van der Waals surface area contributed by atoms with E-state index in [0.717, 1.165) is 12.3 Å². The van der Waals surface area contributed by atoms with Crippen molar-refractivity contribution in [2.45, 2.75) is 70.4 Å². The Balaban J connectivity index is 1.86. The lowest BCUT2D eigenvalue weighted by molar-refractivity contribution is -0.142. The van der Waals surface area contributed by atoms with Crippen molar-refractivity contribution >= 4 is 11.8 Å². The molecule has 2 saturated carbocycles. The maximum absolute atomic E-state index is 13.0. The maximum atomic E-state index is 13.0. The Hall–Kier alpha value is -1.06. The van der Waals surface area contributed by atoms with E-state index in [1.165, 1.54) is 19.3 Å². The molecule has 1 N–H and O–H groups in total. The Bertz CT molecular complexity index is 417. The van der Waals surface area contributed by atoms with Gasteiger partial charge in [0.2, 0.25) is 11.8 Å². The number of nitrogens with one attached hydrogen (secondary N) is 1. The van der Waals surface area contributed by atoms with Gasteiger partial charge in [-0.25, -0.2) is 0 Å². The third-order valence-corrected chi connectivity index (χ3v) is 5.94. The topological polar surface area (TPSA) is 49.4 Å². The number of nitrogens with zero attached hydrogens (tertiary/aromatic N) is 1. The summed E-state index contributed by atoms with van der Waals surface area (Å²) in [6, 6.07) is 0.395. The minimum Gasteiger partial charge on any atom is -0.342 e. The molecule has 2 amide bonds. The second kappa shape index (κ2) is 5.05. The first kappa shape index (κ1) is 13.9. The van der Waals surface area contributed by atoms with Crippen molar-refractivity contribution in [1.82, 2.24) is 10.2 Å². The van der Waals surface area contributed by atoms with Gasteiger partial charge in [0.05, 0.1) is 0 Å². The van der Waals surface area contributed by atoms with E-state index in [4.69, 9.17) is 0 Å². The normalized spacial score (nSPS) is 36.1. The number of carbonyl (C=O) groups excluding carboxylic acids is 2. The van der Waals surface area contributed by atoms with Gasteiger partial charge in [0.1, 0.15) is 5.54 Å². The summed E-state index contributed by atoms with van der Waals surface area (Å²) in [5.41, 5.74) is -0.657. The van der Waals surface area contributed by atoms with E-state index in [1.807, 2.05) is 13.8 Å². The van der Waals surface area contributed by atoms with Crippen LogP contribution in [0.3, 0.4) is 0 Å². The van der Waals surface area contributed by atoms with Crippen LogP contribution in [0.25, 0.3) is 0 Å². The fraction of sp³-hybridized carbons (Fsp3) is 0.875. The smallest absolute Gasteiger partial charge is 0.248 e. The van der Waals surface area contributed by atoms with Crippen molar-refractivity contribution in [2.24, 2.45) is 11.8 Å². The Morgan fingerprint density at radius 2 is 1.95 bits per heavy atom. The highest BCUT2D eigenvalue weighted by Crippen LogP contribution is 2.47. The van der Waals surface area contributed by atoms with Gasteiger partial charge >= 0.3 is 0 Å². The largest absolute Gasteiger partial charge is 0.342 e. The zero-order chi connectivity index (χ0) is 14.3. The van der Waals surface area contributed by atoms with Crippen LogP contribution in [0.5, 0.6) is 0 Å². The van der Waals surface area contributed by atoms with Crippen molar-refractivity contribution < 1.29 is 9.59 Å². The van der Waals surface area contributed by atoms with Gasteiger partial charge in [-0.15, -0.1) is 0 Å². The Labute approximate surface area is 121 Å². The molecule has 2 bridgehead atoms. The van der Waals surface area contributed by atoms with E-state index >= 15 is 0 Å². The molecule has 0 radical (unpaired) electrons. The van der Waals surface area contributed by atoms with Crippen molar-refractivity contribution in [2.75, 3.05) is 6.54 Å². The number of rotatable bonds is 3. The molecule has 1 saturated heterocycles. The molecule has 3 unspecified atom stereocenters. The predicted molar refractivity (Wildman–Crippen MR) is 77.0 cm³/mol. The number of carbonyl (C=O) groups is 2. The molecule has 1 heterocycles. The Morgan fingerprint density at radius 3 is 2.50 bits per heavy atom. The lowest BCUT2D eigenvalue weighted by Gasteiger charge is -2.39. The van der Waals surface area contributed by atoms with Gasteiger partial charge in [-0.2, -0.15) is 0 Å². The van der Waals surface area contributed by atoms with E-state index in [1.54, 1.807) is 0 Å². The summed E-state index contributed by atoms with van der Waals surface area (Å²) in [6.45, 7) is 4.62. The number of amides is 2. The molecule has 0 aromatic heterocycles. The molecule has 0 aromatic rings. The average Bonchev–Trinajstić information content (AvgIpc) is 3.04. The highest BCUT2D eigenvalue weighted by Gasteiger charge is 2.49. The van der Waals surface area contributed by atoms with Crippen LogP contribution in [0.4, 0.5) is 0 Å². The third kappa shape index (κ3) is 2.04. The van der Waals surface area contributed by atoms with Crippen molar-refractivity contribution in [1.29, 1.82) is 0 Å². The maximum Gasteiger partial charge on any atom is 0.248 e.